The van der Waals surface area contributed by atoms with Crippen LogP contribution in [0.5, 0.6) is 0 Å². The summed E-state index contributed by atoms with van der Waals surface area (Å²) in [4.78, 5) is 9.43. The van der Waals surface area contributed by atoms with Crippen LogP contribution in [0.3, 0.4) is 0 Å². The predicted molar refractivity (Wildman–Crippen MR) is 79.6 cm³/mol. The second-order valence-corrected chi connectivity index (χ2v) is 5.70. The van der Waals surface area contributed by atoms with Crippen LogP contribution in [0.1, 0.15) is 18.9 Å². The van der Waals surface area contributed by atoms with Gasteiger partial charge in [0.15, 0.2) is 0 Å². The third-order valence-electron chi connectivity index (χ3n) is 2.82. The van der Waals surface area contributed by atoms with E-state index in [1.165, 1.54) is 0 Å². The highest BCUT2D eigenvalue weighted by Crippen LogP contribution is 2.33. The van der Waals surface area contributed by atoms with Gasteiger partial charge in [0.1, 0.15) is 5.03 Å². The summed E-state index contributed by atoms with van der Waals surface area (Å²) in [5.74, 6) is 0. The molecule has 19 heavy (non-hydrogen) atoms. The van der Waals surface area contributed by atoms with Gasteiger partial charge in [-0.1, -0.05) is 36.4 Å². The Bertz CT molecular complexity index is 533. The molecule has 1 aromatic carbocycles. The second-order valence-electron chi connectivity index (χ2n) is 4.23. The highest BCUT2D eigenvalue weighted by Gasteiger charge is 2.12. The highest BCUT2D eigenvalue weighted by molar-refractivity contribution is 7.99. The molecule has 1 aromatic heterocycles. The maximum Gasteiger partial charge on any atom is 0.119 e. The minimum atomic E-state index is 0.126. The molecular formula is C14H16ClN3S. The molecule has 2 aromatic rings. The van der Waals surface area contributed by atoms with Crippen molar-refractivity contribution in [3.8, 4) is 0 Å². The minimum Gasteiger partial charge on any atom is -0.327 e. The van der Waals surface area contributed by atoms with Crippen LogP contribution in [-0.2, 0) is 6.42 Å². The summed E-state index contributed by atoms with van der Waals surface area (Å²) in [6.45, 7) is 2.08. The molecular weight excluding hydrogens is 278 g/mol. The summed E-state index contributed by atoms with van der Waals surface area (Å²) < 4.78 is 0. The van der Waals surface area contributed by atoms with E-state index in [-0.39, 0.29) is 6.04 Å². The molecule has 0 saturated carbocycles. The van der Waals surface area contributed by atoms with Crippen LogP contribution in [0.15, 0.2) is 46.7 Å². The smallest absolute Gasteiger partial charge is 0.119 e. The largest absolute Gasteiger partial charge is 0.327 e. The Morgan fingerprint density at radius 2 is 2.21 bits per heavy atom. The molecule has 0 radical (unpaired) electrons. The Morgan fingerprint density at radius 3 is 2.89 bits per heavy atom. The quantitative estimate of drug-likeness (QED) is 0.916. The van der Waals surface area contributed by atoms with Crippen LogP contribution in [0.2, 0.25) is 5.02 Å². The van der Waals surface area contributed by atoms with Crippen LogP contribution >= 0.6 is 23.4 Å². The first-order valence-electron chi connectivity index (χ1n) is 6.17. The molecule has 0 aliphatic carbocycles. The van der Waals surface area contributed by atoms with Crippen LogP contribution in [0.4, 0.5) is 0 Å². The average Bonchev–Trinajstić information content (AvgIpc) is 2.43. The molecule has 5 heteroatoms. The number of aromatic nitrogens is 2. The van der Waals surface area contributed by atoms with E-state index in [1.54, 1.807) is 30.4 Å². The molecule has 1 unspecified atom stereocenters. The molecule has 0 amide bonds. The Hall–Kier alpha value is -1.10. The number of nitrogens with two attached hydrogens (primary N) is 1. The van der Waals surface area contributed by atoms with E-state index >= 15 is 0 Å². The zero-order valence-corrected chi connectivity index (χ0v) is 12.3. The maximum absolute atomic E-state index is 6.29. The molecule has 0 aliphatic rings. The fourth-order valence-corrected chi connectivity index (χ4v) is 2.91. The van der Waals surface area contributed by atoms with Crippen molar-refractivity contribution in [1.82, 2.24) is 9.97 Å². The number of halogens is 1. The van der Waals surface area contributed by atoms with Crippen molar-refractivity contribution in [2.45, 2.75) is 35.7 Å². The van der Waals surface area contributed by atoms with E-state index in [1.807, 2.05) is 18.2 Å². The third kappa shape index (κ3) is 3.93. The molecule has 0 spiro atoms. The van der Waals surface area contributed by atoms with Gasteiger partial charge in [0.05, 0.1) is 6.20 Å². The van der Waals surface area contributed by atoms with E-state index in [0.29, 0.717) is 0 Å². The van der Waals surface area contributed by atoms with Gasteiger partial charge in [-0.3, -0.25) is 4.98 Å². The topological polar surface area (TPSA) is 51.8 Å². The molecule has 2 rings (SSSR count). The van der Waals surface area contributed by atoms with Gasteiger partial charge in [-0.2, -0.15) is 0 Å². The van der Waals surface area contributed by atoms with E-state index in [2.05, 4.69) is 16.9 Å². The summed E-state index contributed by atoms with van der Waals surface area (Å²) in [7, 11) is 0. The SMILES string of the molecule is CCC(N)Cc1c(Cl)cccc1Sc1cnccn1. The lowest BCUT2D eigenvalue weighted by Gasteiger charge is -2.14. The van der Waals surface area contributed by atoms with Crippen molar-refractivity contribution in [3.05, 3.63) is 47.4 Å². The van der Waals surface area contributed by atoms with Gasteiger partial charge in [-0.25, -0.2) is 4.98 Å². The van der Waals surface area contributed by atoms with Gasteiger partial charge >= 0.3 is 0 Å². The summed E-state index contributed by atoms with van der Waals surface area (Å²) in [6, 6.07) is 6.02. The van der Waals surface area contributed by atoms with E-state index < -0.39 is 0 Å². The van der Waals surface area contributed by atoms with Crippen molar-refractivity contribution in [2.24, 2.45) is 5.73 Å². The molecule has 1 atom stereocenters. The molecule has 0 aliphatic heterocycles. The number of hydrogen-bond donors (Lipinski definition) is 1. The number of hydrogen-bond acceptors (Lipinski definition) is 4. The third-order valence-corrected chi connectivity index (χ3v) is 4.20. The van der Waals surface area contributed by atoms with Crippen LogP contribution < -0.4 is 5.73 Å². The molecule has 100 valence electrons. The molecule has 3 nitrogen and oxygen atoms in total. The molecule has 1 heterocycles. The molecule has 0 fully saturated rings. The Balaban J connectivity index is 2.27. The lowest BCUT2D eigenvalue weighted by molar-refractivity contribution is 0.641. The minimum absolute atomic E-state index is 0.126. The summed E-state index contributed by atoms with van der Waals surface area (Å²) in [6.07, 6.45) is 6.80. The molecule has 0 saturated heterocycles. The first kappa shape index (κ1) is 14.3. The number of benzene rings is 1. The number of nitrogens with zero attached hydrogens (tertiary/aromatic N) is 2. The fraction of sp³-hybridized carbons (Fsp3) is 0.286. The van der Waals surface area contributed by atoms with Gasteiger partial charge < -0.3 is 5.73 Å². The predicted octanol–water partition coefficient (Wildman–Crippen LogP) is 3.56. The Morgan fingerprint density at radius 1 is 1.37 bits per heavy atom. The second kappa shape index (κ2) is 6.89. The normalized spacial score (nSPS) is 12.4. The van der Waals surface area contributed by atoms with Crippen LogP contribution in [-0.4, -0.2) is 16.0 Å². The highest BCUT2D eigenvalue weighted by atomic mass is 35.5. The van der Waals surface area contributed by atoms with Gasteiger partial charge in [0.25, 0.3) is 0 Å². The zero-order valence-electron chi connectivity index (χ0n) is 10.7. The van der Waals surface area contributed by atoms with E-state index in [0.717, 1.165) is 33.3 Å². The average molecular weight is 294 g/mol. The van der Waals surface area contributed by atoms with E-state index in [4.69, 9.17) is 17.3 Å². The first-order valence-corrected chi connectivity index (χ1v) is 7.37. The molecule has 0 bridgehead atoms. The van der Waals surface area contributed by atoms with Crippen molar-refractivity contribution in [3.63, 3.8) is 0 Å². The first-order chi connectivity index (χ1) is 9.20. The maximum atomic E-state index is 6.29. The monoisotopic (exact) mass is 293 g/mol. The lowest BCUT2D eigenvalue weighted by Crippen LogP contribution is -2.21. The van der Waals surface area contributed by atoms with Crippen molar-refractivity contribution in [1.29, 1.82) is 0 Å². The van der Waals surface area contributed by atoms with Gasteiger partial charge in [0.2, 0.25) is 0 Å². The Kier molecular flexibility index (Phi) is 5.19. The van der Waals surface area contributed by atoms with Gasteiger partial charge in [-0.15, -0.1) is 0 Å². The molecule has 2 N–H and O–H groups in total. The zero-order chi connectivity index (χ0) is 13.7. The van der Waals surface area contributed by atoms with Crippen molar-refractivity contribution in [2.75, 3.05) is 0 Å². The van der Waals surface area contributed by atoms with Gasteiger partial charge in [0, 0.05) is 28.4 Å². The van der Waals surface area contributed by atoms with Crippen molar-refractivity contribution < 1.29 is 0 Å². The summed E-state index contributed by atoms with van der Waals surface area (Å²) in [5.41, 5.74) is 7.13. The Labute approximate surface area is 122 Å². The lowest BCUT2D eigenvalue weighted by atomic mass is 10.0. The van der Waals surface area contributed by atoms with Crippen LogP contribution in [0.25, 0.3) is 0 Å². The van der Waals surface area contributed by atoms with Gasteiger partial charge in [-0.05, 0) is 30.5 Å². The summed E-state index contributed by atoms with van der Waals surface area (Å²) in [5, 5.41) is 1.62. The van der Waals surface area contributed by atoms with Crippen LogP contribution in [0, 0.1) is 0 Å². The summed E-state index contributed by atoms with van der Waals surface area (Å²) >= 11 is 7.86. The standard InChI is InChI=1S/C14H16ClN3S/c1-2-10(16)8-11-12(15)4-3-5-13(11)19-14-9-17-6-7-18-14/h3-7,9-10H,2,8,16H2,1H3. The fourth-order valence-electron chi connectivity index (χ4n) is 1.69. The van der Waals surface area contributed by atoms with E-state index in [9.17, 15) is 0 Å². The number of rotatable bonds is 5. The van der Waals surface area contributed by atoms with Crippen molar-refractivity contribution >= 4 is 23.4 Å².